The standard InChI is InChI=1S/C16H22N2O2.ClH/c1-13(2)17-11-14(19)12-20-16-8-4-3-7-15(16)18-9-5-6-10-18;/h3-10,13-14,17,19H,11-12H2,1-2H3;1H/t14-;/m1./s1. The molecule has 0 fully saturated rings. The fraction of sp³-hybridized carbons (Fsp3) is 0.375. The highest BCUT2D eigenvalue weighted by Gasteiger charge is 2.09. The molecule has 2 rings (SSSR count). The Morgan fingerprint density at radius 3 is 2.48 bits per heavy atom. The quantitative estimate of drug-likeness (QED) is 0.826. The summed E-state index contributed by atoms with van der Waals surface area (Å²) in [6.45, 7) is 4.91. The first-order chi connectivity index (χ1) is 9.66. The smallest absolute Gasteiger partial charge is 0.143 e. The van der Waals surface area contributed by atoms with Crippen LogP contribution in [0.2, 0.25) is 0 Å². The van der Waals surface area contributed by atoms with Gasteiger partial charge in [0.15, 0.2) is 0 Å². The Labute approximate surface area is 132 Å². The van der Waals surface area contributed by atoms with Crippen LogP contribution < -0.4 is 10.1 Å². The van der Waals surface area contributed by atoms with E-state index in [2.05, 4.69) is 19.2 Å². The Morgan fingerprint density at radius 2 is 1.81 bits per heavy atom. The summed E-state index contributed by atoms with van der Waals surface area (Å²) in [5.74, 6) is 0.771. The van der Waals surface area contributed by atoms with Gasteiger partial charge in [0, 0.05) is 25.0 Å². The molecular formula is C16H23ClN2O2. The minimum atomic E-state index is -0.518. The van der Waals surface area contributed by atoms with Crippen molar-refractivity contribution in [1.82, 2.24) is 9.88 Å². The summed E-state index contributed by atoms with van der Waals surface area (Å²) in [6.07, 6.45) is 3.42. The van der Waals surface area contributed by atoms with Gasteiger partial charge >= 0.3 is 0 Å². The Morgan fingerprint density at radius 1 is 1.14 bits per heavy atom. The number of nitrogens with zero attached hydrogens (tertiary/aromatic N) is 1. The third kappa shape index (κ3) is 5.42. The topological polar surface area (TPSA) is 46.4 Å². The van der Waals surface area contributed by atoms with Gasteiger partial charge < -0.3 is 19.7 Å². The van der Waals surface area contributed by atoms with E-state index in [0.29, 0.717) is 12.6 Å². The zero-order valence-corrected chi connectivity index (χ0v) is 13.2. The van der Waals surface area contributed by atoms with Crippen molar-refractivity contribution in [3.63, 3.8) is 0 Å². The summed E-state index contributed by atoms with van der Waals surface area (Å²) in [7, 11) is 0. The predicted octanol–water partition coefficient (Wildman–Crippen LogP) is 2.64. The van der Waals surface area contributed by atoms with Crippen LogP contribution in [-0.4, -0.2) is 35.0 Å². The van der Waals surface area contributed by atoms with Crippen LogP contribution in [0.3, 0.4) is 0 Å². The highest BCUT2D eigenvalue weighted by Crippen LogP contribution is 2.22. The van der Waals surface area contributed by atoms with Crippen molar-refractivity contribution in [2.75, 3.05) is 13.2 Å². The van der Waals surface area contributed by atoms with Gasteiger partial charge in [-0.3, -0.25) is 0 Å². The molecule has 0 saturated heterocycles. The number of ether oxygens (including phenoxy) is 1. The SMILES string of the molecule is CC(C)NC[C@@H](O)COc1ccccc1-n1cccc1.Cl. The summed E-state index contributed by atoms with van der Waals surface area (Å²) in [6, 6.07) is 12.1. The molecular weight excluding hydrogens is 288 g/mol. The molecule has 0 saturated carbocycles. The van der Waals surface area contributed by atoms with Crippen LogP contribution in [0.25, 0.3) is 5.69 Å². The summed E-state index contributed by atoms with van der Waals surface area (Å²) >= 11 is 0. The molecule has 0 unspecified atom stereocenters. The molecule has 5 heteroatoms. The highest BCUT2D eigenvalue weighted by atomic mass is 35.5. The van der Waals surface area contributed by atoms with Crippen LogP contribution in [0.4, 0.5) is 0 Å². The lowest BCUT2D eigenvalue weighted by molar-refractivity contribution is 0.104. The van der Waals surface area contributed by atoms with E-state index >= 15 is 0 Å². The van der Waals surface area contributed by atoms with Gasteiger partial charge in [0.2, 0.25) is 0 Å². The Hall–Kier alpha value is -1.49. The number of aliphatic hydroxyl groups excluding tert-OH is 1. The van der Waals surface area contributed by atoms with E-state index < -0.39 is 6.10 Å². The molecule has 2 N–H and O–H groups in total. The maximum Gasteiger partial charge on any atom is 0.143 e. The second-order valence-electron chi connectivity index (χ2n) is 5.09. The van der Waals surface area contributed by atoms with Gasteiger partial charge in [-0.05, 0) is 24.3 Å². The molecule has 0 spiro atoms. The van der Waals surface area contributed by atoms with Crippen molar-refractivity contribution in [1.29, 1.82) is 0 Å². The molecule has 0 bridgehead atoms. The van der Waals surface area contributed by atoms with Crippen LogP contribution in [0.15, 0.2) is 48.8 Å². The van der Waals surface area contributed by atoms with E-state index in [-0.39, 0.29) is 19.0 Å². The lowest BCUT2D eigenvalue weighted by atomic mass is 10.3. The van der Waals surface area contributed by atoms with E-state index in [4.69, 9.17) is 4.74 Å². The van der Waals surface area contributed by atoms with Crippen molar-refractivity contribution >= 4 is 12.4 Å². The first kappa shape index (κ1) is 17.6. The molecule has 1 aromatic carbocycles. The number of aromatic nitrogens is 1. The fourth-order valence-corrected chi connectivity index (χ4v) is 1.90. The van der Waals surface area contributed by atoms with Crippen molar-refractivity contribution in [2.45, 2.75) is 26.0 Å². The Balaban J connectivity index is 0.00000220. The normalized spacial score (nSPS) is 12.0. The molecule has 1 aromatic heterocycles. The molecule has 0 amide bonds. The average Bonchev–Trinajstić information content (AvgIpc) is 2.97. The zero-order valence-electron chi connectivity index (χ0n) is 12.4. The molecule has 0 aliphatic carbocycles. The second-order valence-corrected chi connectivity index (χ2v) is 5.09. The van der Waals surface area contributed by atoms with Crippen LogP contribution in [-0.2, 0) is 0 Å². The number of aliphatic hydroxyl groups is 1. The van der Waals surface area contributed by atoms with E-state index in [0.717, 1.165) is 11.4 Å². The molecule has 2 aromatic rings. The molecule has 0 aliphatic rings. The monoisotopic (exact) mass is 310 g/mol. The first-order valence-electron chi connectivity index (χ1n) is 6.93. The van der Waals surface area contributed by atoms with Gasteiger partial charge in [-0.25, -0.2) is 0 Å². The van der Waals surface area contributed by atoms with Gasteiger partial charge in [-0.15, -0.1) is 12.4 Å². The third-order valence-corrected chi connectivity index (χ3v) is 2.94. The molecule has 0 radical (unpaired) electrons. The number of para-hydroxylation sites is 2. The minimum absolute atomic E-state index is 0. The van der Waals surface area contributed by atoms with Crippen molar-refractivity contribution in [2.24, 2.45) is 0 Å². The molecule has 0 aliphatic heterocycles. The van der Waals surface area contributed by atoms with Crippen molar-refractivity contribution in [3.8, 4) is 11.4 Å². The Kier molecular flexibility index (Phi) is 7.29. The van der Waals surface area contributed by atoms with E-state index in [1.165, 1.54) is 0 Å². The van der Waals surface area contributed by atoms with E-state index in [1.54, 1.807) is 0 Å². The number of hydrogen-bond acceptors (Lipinski definition) is 3. The second kappa shape index (κ2) is 8.72. The summed E-state index contributed by atoms with van der Waals surface area (Å²) in [5, 5.41) is 13.1. The summed E-state index contributed by atoms with van der Waals surface area (Å²) in [5.41, 5.74) is 0.974. The number of nitrogens with one attached hydrogen (secondary N) is 1. The third-order valence-electron chi connectivity index (χ3n) is 2.94. The summed E-state index contributed by atoms with van der Waals surface area (Å²) in [4.78, 5) is 0. The number of hydrogen-bond donors (Lipinski definition) is 2. The van der Waals surface area contributed by atoms with Gasteiger partial charge in [0.1, 0.15) is 18.5 Å². The largest absolute Gasteiger partial charge is 0.489 e. The van der Waals surface area contributed by atoms with Gasteiger partial charge in [-0.2, -0.15) is 0 Å². The van der Waals surface area contributed by atoms with Crippen molar-refractivity contribution < 1.29 is 9.84 Å². The predicted molar refractivity (Wildman–Crippen MR) is 87.7 cm³/mol. The maximum atomic E-state index is 9.89. The summed E-state index contributed by atoms with van der Waals surface area (Å²) < 4.78 is 7.74. The number of benzene rings is 1. The molecule has 1 heterocycles. The van der Waals surface area contributed by atoms with E-state index in [1.807, 2.05) is 53.4 Å². The van der Waals surface area contributed by atoms with Gasteiger partial charge in [-0.1, -0.05) is 26.0 Å². The molecule has 4 nitrogen and oxygen atoms in total. The number of halogens is 1. The average molecular weight is 311 g/mol. The van der Waals surface area contributed by atoms with Crippen LogP contribution >= 0.6 is 12.4 Å². The molecule has 116 valence electrons. The van der Waals surface area contributed by atoms with Crippen LogP contribution in [0.1, 0.15) is 13.8 Å². The number of rotatable bonds is 7. The van der Waals surface area contributed by atoms with Crippen LogP contribution in [0.5, 0.6) is 5.75 Å². The highest BCUT2D eigenvalue weighted by molar-refractivity contribution is 5.85. The zero-order chi connectivity index (χ0) is 14.4. The lowest BCUT2D eigenvalue weighted by Crippen LogP contribution is -2.35. The van der Waals surface area contributed by atoms with Gasteiger partial charge in [0.25, 0.3) is 0 Å². The lowest BCUT2D eigenvalue weighted by Gasteiger charge is -2.17. The van der Waals surface area contributed by atoms with Gasteiger partial charge in [0.05, 0.1) is 5.69 Å². The maximum absolute atomic E-state index is 9.89. The van der Waals surface area contributed by atoms with E-state index in [9.17, 15) is 5.11 Å². The van der Waals surface area contributed by atoms with Crippen molar-refractivity contribution in [3.05, 3.63) is 48.8 Å². The Bertz CT molecular complexity index is 515. The molecule has 21 heavy (non-hydrogen) atoms. The first-order valence-corrected chi connectivity index (χ1v) is 6.93. The minimum Gasteiger partial charge on any atom is -0.489 e. The van der Waals surface area contributed by atoms with Crippen LogP contribution in [0, 0.1) is 0 Å². The fourth-order valence-electron chi connectivity index (χ4n) is 1.90. The molecule has 1 atom stereocenters.